The van der Waals surface area contributed by atoms with Crippen molar-refractivity contribution < 1.29 is 10.2 Å². The van der Waals surface area contributed by atoms with Crippen LogP contribution in [-0.2, 0) is 0 Å². The van der Waals surface area contributed by atoms with Crippen molar-refractivity contribution in [3.63, 3.8) is 0 Å². The average Bonchev–Trinajstić information content (AvgIpc) is 3.21. The Morgan fingerprint density at radius 3 is 2.69 bits per heavy atom. The summed E-state index contributed by atoms with van der Waals surface area (Å²) in [6.45, 7) is 6.32. The predicted molar refractivity (Wildman–Crippen MR) is 104 cm³/mol. The molecule has 0 radical (unpaired) electrons. The predicted octanol–water partition coefficient (Wildman–Crippen LogP) is 3.40. The molecule has 26 heavy (non-hydrogen) atoms. The molecule has 1 saturated carbocycles. The number of nitrogens with one attached hydrogen (secondary N) is 2. The Balaban J connectivity index is 0.000000814. The summed E-state index contributed by atoms with van der Waals surface area (Å²) >= 11 is 0. The molecule has 2 fully saturated rings. The summed E-state index contributed by atoms with van der Waals surface area (Å²) < 4.78 is 0. The van der Waals surface area contributed by atoms with E-state index in [1.165, 1.54) is 49.2 Å². The summed E-state index contributed by atoms with van der Waals surface area (Å²) in [5.41, 5.74) is 4.95. The monoisotopic (exact) mass is 357 g/mol. The van der Waals surface area contributed by atoms with E-state index < -0.39 is 0 Å². The SMILES string of the molecule is CC.OC1=CC2=C(NC3CCN(C4CC4)C3)C3=C(CCC3)NC2C=C1O. The molecule has 2 heterocycles. The van der Waals surface area contributed by atoms with Crippen LogP contribution >= 0.6 is 0 Å². The second-order valence-corrected chi connectivity index (χ2v) is 7.70. The number of fused-ring (bicyclic) bond motifs is 1. The zero-order valence-electron chi connectivity index (χ0n) is 15.9. The number of hydrogen-bond donors (Lipinski definition) is 4. The summed E-state index contributed by atoms with van der Waals surface area (Å²) in [6.07, 6.45) is 10.7. The first-order valence-electron chi connectivity index (χ1n) is 10.2. The van der Waals surface area contributed by atoms with Gasteiger partial charge in [0.05, 0.1) is 6.04 Å². The van der Waals surface area contributed by atoms with E-state index in [-0.39, 0.29) is 17.6 Å². The third-order valence-corrected chi connectivity index (χ3v) is 5.98. The zero-order chi connectivity index (χ0) is 18.3. The quantitative estimate of drug-likeness (QED) is 0.623. The van der Waals surface area contributed by atoms with Crippen molar-refractivity contribution in [1.29, 1.82) is 0 Å². The minimum atomic E-state index is -0.0406. The highest BCUT2D eigenvalue weighted by molar-refractivity contribution is 5.55. The van der Waals surface area contributed by atoms with Crippen molar-refractivity contribution in [2.75, 3.05) is 13.1 Å². The van der Waals surface area contributed by atoms with Gasteiger partial charge in [-0.15, -0.1) is 0 Å². The highest BCUT2D eigenvalue weighted by Crippen LogP contribution is 2.38. The molecule has 4 N–H and O–H groups in total. The summed E-state index contributed by atoms with van der Waals surface area (Å²) in [4.78, 5) is 2.62. The van der Waals surface area contributed by atoms with Gasteiger partial charge in [0.25, 0.3) is 0 Å². The van der Waals surface area contributed by atoms with E-state index in [2.05, 4.69) is 15.5 Å². The van der Waals surface area contributed by atoms with Gasteiger partial charge >= 0.3 is 0 Å². The maximum absolute atomic E-state index is 9.99. The summed E-state index contributed by atoms with van der Waals surface area (Å²) in [5, 5.41) is 27.2. The number of aliphatic hydroxyl groups is 2. The van der Waals surface area contributed by atoms with Crippen molar-refractivity contribution in [2.24, 2.45) is 0 Å². The molecule has 5 nitrogen and oxygen atoms in total. The number of likely N-dealkylation sites (tertiary alicyclic amines) is 1. The van der Waals surface area contributed by atoms with Gasteiger partial charge in [-0.25, -0.2) is 0 Å². The highest BCUT2D eigenvalue weighted by Gasteiger charge is 2.37. The molecule has 0 bridgehead atoms. The van der Waals surface area contributed by atoms with Gasteiger partial charge in [0.15, 0.2) is 11.5 Å². The van der Waals surface area contributed by atoms with Gasteiger partial charge in [-0.1, -0.05) is 13.8 Å². The first-order chi connectivity index (χ1) is 12.7. The van der Waals surface area contributed by atoms with Gasteiger partial charge < -0.3 is 20.8 Å². The van der Waals surface area contributed by atoms with Crippen LogP contribution in [0.15, 0.2) is 46.2 Å². The number of aliphatic hydroxyl groups excluding tert-OH is 2. The number of hydrogen-bond acceptors (Lipinski definition) is 5. The molecule has 0 aromatic rings. The van der Waals surface area contributed by atoms with Crippen molar-refractivity contribution in [2.45, 2.75) is 70.5 Å². The molecule has 142 valence electrons. The Kier molecular flexibility index (Phi) is 4.74. The minimum Gasteiger partial charge on any atom is -0.504 e. The topological polar surface area (TPSA) is 67.8 Å². The Bertz CT molecular complexity index is 700. The van der Waals surface area contributed by atoms with Crippen molar-refractivity contribution in [3.05, 3.63) is 46.2 Å². The second kappa shape index (κ2) is 7.03. The fourth-order valence-electron chi connectivity index (χ4n) is 4.58. The van der Waals surface area contributed by atoms with Crippen LogP contribution in [0.5, 0.6) is 0 Å². The molecule has 0 aromatic heterocycles. The molecule has 1 saturated heterocycles. The Hall–Kier alpha value is -1.88. The first kappa shape index (κ1) is 17.5. The lowest BCUT2D eigenvalue weighted by Crippen LogP contribution is -2.41. The lowest BCUT2D eigenvalue weighted by molar-refractivity contribution is 0.317. The van der Waals surface area contributed by atoms with Crippen LogP contribution in [0.3, 0.4) is 0 Å². The lowest BCUT2D eigenvalue weighted by atomic mass is 9.90. The van der Waals surface area contributed by atoms with Crippen molar-refractivity contribution in [1.82, 2.24) is 15.5 Å². The van der Waals surface area contributed by atoms with Crippen LogP contribution in [0.2, 0.25) is 0 Å². The van der Waals surface area contributed by atoms with Gasteiger partial charge in [0.1, 0.15) is 0 Å². The van der Waals surface area contributed by atoms with Gasteiger partial charge in [-0.05, 0) is 56.3 Å². The maximum Gasteiger partial charge on any atom is 0.157 e. The number of nitrogens with zero attached hydrogens (tertiary/aromatic N) is 1. The van der Waals surface area contributed by atoms with Crippen LogP contribution in [0, 0.1) is 0 Å². The maximum atomic E-state index is 9.99. The van der Waals surface area contributed by atoms with Gasteiger partial charge in [-0.2, -0.15) is 0 Å². The van der Waals surface area contributed by atoms with Gasteiger partial charge in [0, 0.05) is 42.1 Å². The average molecular weight is 357 g/mol. The smallest absolute Gasteiger partial charge is 0.157 e. The van der Waals surface area contributed by atoms with E-state index in [9.17, 15) is 10.2 Å². The summed E-state index contributed by atoms with van der Waals surface area (Å²) in [6, 6.07) is 1.27. The molecule has 5 rings (SSSR count). The van der Waals surface area contributed by atoms with E-state index in [4.69, 9.17) is 0 Å². The van der Waals surface area contributed by atoms with E-state index in [0.717, 1.165) is 31.0 Å². The highest BCUT2D eigenvalue weighted by atomic mass is 16.3. The van der Waals surface area contributed by atoms with E-state index >= 15 is 0 Å². The fraction of sp³-hybridized carbons (Fsp3) is 0.619. The van der Waals surface area contributed by atoms with Crippen molar-refractivity contribution in [3.8, 4) is 0 Å². The fourth-order valence-corrected chi connectivity index (χ4v) is 4.58. The normalized spacial score (nSPS) is 30.7. The largest absolute Gasteiger partial charge is 0.504 e. The number of rotatable bonds is 3. The first-order valence-corrected chi connectivity index (χ1v) is 10.2. The number of dihydropyridines is 1. The minimum absolute atomic E-state index is 0.0292. The summed E-state index contributed by atoms with van der Waals surface area (Å²) in [5.74, 6) is -0.0613. The molecular formula is C21H31N3O2. The Labute approximate surface area is 156 Å². The Morgan fingerprint density at radius 1 is 1.12 bits per heavy atom. The van der Waals surface area contributed by atoms with Crippen LogP contribution < -0.4 is 10.6 Å². The standard InChI is InChI=1S/C19H25N3O2.C2H6/c23-17-8-14-16(9-18(17)24)21-15-3-1-2-13(15)19(14)20-11-6-7-22(10-11)12-4-5-12;1-2/h8-9,11-12,16,20-21,23-24H,1-7,10H2;1-2H3. The Morgan fingerprint density at radius 2 is 1.92 bits per heavy atom. The van der Waals surface area contributed by atoms with Crippen LogP contribution in [0.1, 0.15) is 52.4 Å². The van der Waals surface area contributed by atoms with Gasteiger partial charge in [-0.3, -0.25) is 4.90 Å². The molecule has 0 aromatic carbocycles. The second-order valence-electron chi connectivity index (χ2n) is 7.70. The molecule has 2 aliphatic heterocycles. The zero-order valence-corrected chi connectivity index (χ0v) is 15.9. The summed E-state index contributed by atoms with van der Waals surface area (Å²) in [7, 11) is 0. The molecule has 5 aliphatic rings. The van der Waals surface area contributed by atoms with Crippen LogP contribution in [0.25, 0.3) is 0 Å². The third kappa shape index (κ3) is 3.13. The van der Waals surface area contributed by atoms with Gasteiger partial charge in [0.2, 0.25) is 0 Å². The third-order valence-electron chi connectivity index (χ3n) is 5.98. The van der Waals surface area contributed by atoms with E-state index in [1.807, 2.05) is 13.8 Å². The molecule has 2 unspecified atom stereocenters. The van der Waals surface area contributed by atoms with E-state index in [1.54, 1.807) is 12.2 Å². The lowest BCUT2D eigenvalue weighted by Gasteiger charge is -2.33. The number of allylic oxidation sites excluding steroid dienone is 2. The van der Waals surface area contributed by atoms with Crippen molar-refractivity contribution >= 4 is 0 Å². The molecule has 2 atom stereocenters. The molecule has 0 spiro atoms. The van der Waals surface area contributed by atoms with E-state index in [0.29, 0.717) is 6.04 Å². The molecular weight excluding hydrogens is 326 g/mol. The molecule has 3 aliphatic carbocycles. The molecule has 0 amide bonds. The molecule has 5 heteroatoms. The van der Waals surface area contributed by atoms with Crippen LogP contribution in [0.4, 0.5) is 0 Å². The van der Waals surface area contributed by atoms with Crippen LogP contribution in [-0.4, -0.2) is 46.3 Å².